The van der Waals surface area contributed by atoms with Crippen LogP contribution in [0.1, 0.15) is 57.6 Å². The van der Waals surface area contributed by atoms with Crippen molar-refractivity contribution in [3.63, 3.8) is 0 Å². The number of hydrogen-bond acceptors (Lipinski definition) is 3. The molecule has 2 heterocycles. The fourth-order valence-corrected chi connectivity index (χ4v) is 4.13. The lowest BCUT2D eigenvalue weighted by molar-refractivity contribution is 0.0624. The fourth-order valence-electron chi connectivity index (χ4n) is 4.13. The average molecular weight is 382 g/mol. The van der Waals surface area contributed by atoms with Crippen molar-refractivity contribution in [3.8, 4) is 0 Å². The first-order valence-corrected chi connectivity index (χ1v) is 10.1. The van der Waals surface area contributed by atoms with E-state index >= 15 is 0 Å². The van der Waals surface area contributed by atoms with Gasteiger partial charge in [0.2, 0.25) is 0 Å². The minimum atomic E-state index is 0.0754. The largest absolute Gasteiger partial charge is 0.346 e. The van der Waals surface area contributed by atoms with Crippen LogP contribution in [0.4, 0.5) is 0 Å². The van der Waals surface area contributed by atoms with E-state index in [9.17, 15) is 9.59 Å². The lowest BCUT2D eigenvalue weighted by atomic mass is 10.1. The number of nitrogens with zero attached hydrogens (tertiary/aromatic N) is 3. The van der Waals surface area contributed by atoms with Crippen molar-refractivity contribution in [2.45, 2.75) is 40.7 Å². The van der Waals surface area contributed by atoms with Crippen molar-refractivity contribution < 1.29 is 9.59 Å². The maximum Gasteiger partial charge on any atom is 0.253 e. The number of hydrogen-bond donors (Lipinski definition) is 0. The van der Waals surface area contributed by atoms with Crippen LogP contribution in [0.2, 0.25) is 0 Å². The Morgan fingerprint density at radius 2 is 1.57 bits per heavy atom. The molecule has 1 aliphatic rings. The van der Waals surface area contributed by atoms with Gasteiger partial charge < -0.3 is 9.47 Å². The van der Waals surface area contributed by atoms with Crippen LogP contribution in [0.25, 0.3) is 0 Å². The minimum Gasteiger partial charge on any atom is -0.346 e. The Bertz CT molecular complexity index is 857. The Hall–Kier alpha value is -2.40. The van der Waals surface area contributed by atoms with E-state index in [4.69, 9.17) is 0 Å². The standard InChI is InChI=1S/C23H31N3O2/c1-16(2)26-18(4)14-21(19(26)5)22(27)15-24-10-12-25(13-11-24)23(28)20-8-6-17(3)7-9-20/h6-9,14,16H,10-13,15H2,1-5H3. The molecule has 3 rings (SSSR count). The summed E-state index contributed by atoms with van der Waals surface area (Å²) in [6.07, 6.45) is 0. The molecule has 1 saturated heterocycles. The summed E-state index contributed by atoms with van der Waals surface area (Å²) < 4.78 is 2.21. The van der Waals surface area contributed by atoms with Gasteiger partial charge in [-0.3, -0.25) is 14.5 Å². The molecule has 0 atom stereocenters. The van der Waals surface area contributed by atoms with Gasteiger partial charge in [-0.25, -0.2) is 0 Å². The van der Waals surface area contributed by atoms with Crippen LogP contribution in [0, 0.1) is 20.8 Å². The maximum absolute atomic E-state index is 12.9. The second kappa shape index (κ2) is 8.31. The zero-order valence-corrected chi connectivity index (χ0v) is 17.7. The van der Waals surface area contributed by atoms with Crippen LogP contribution in [0.5, 0.6) is 0 Å². The molecule has 0 spiro atoms. The lowest BCUT2D eigenvalue weighted by Gasteiger charge is -2.34. The summed E-state index contributed by atoms with van der Waals surface area (Å²) in [5, 5.41) is 0. The third-order valence-electron chi connectivity index (χ3n) is 5.63. The van der Waals surface area contributed by atoms with E-state index in [1.807, 2.05) is 49.1 Å². The van der Waals surface area contributed by atoms with E-state index in [1.165, 1.54) is 0 Å². The molecule has 150 valence electrons. The number of carbonyl (C=O) groups excluding carboxylic acids is 2. The van der Waals surface area contributed by atoms with E-state index in [1.54, 1.807) is 0 Å². The number of Topliss-reactive ketones (excluding diaryl/α,β-unsaturated/α-hetero) is 1. The van der Waals surface area contributed by atoms with Gasteiger partial charge in [0.25, 0.3) is 5.91 Å². The molecule has 0 N–H and O–H groups in total. The molecule has 1 aliphatic heterocycles. The van der Waals surface area contributed by atoms with Crippen LogP contribution in [0.15, 0.2) is 30.3 Å². The number of carbonyl (C=O) groups is 2. The third-order valence-corrected chi connectivity index (χ3v) is 5.63. The Morgan fingerprint density at radius 3 is 2.11 bits per heavy atom. The normalized spacial score (nSPS) is 15.3. The number of benzene rings is 1. The van der Waals surface area contributed by atoms with Crippen molar-refractivity contribution >= 4 is 11.7 Å². The second-order valence-corrected chi connectivity index (χ2v) is 8.11. The van der Waals surface area contributed by atoms with E-state index in [2.05, 4.69) is 30.2 Å². The molecule has 0 aliphatic carbocycles. The van der Waals surface area contributed by atoms with Gasteiger partial charge in [0.1, 0.15) is 0 Å². The molecular formula is C23H31N3O2. The quantitative estimate of drug-likeness (QED) is 0.743. The summed E-state index contributed by atoms with van der Waals surface area (Å²) in [5.41, 5.74) is 4.88. The van der Waals surface area contributed by atoms with Gasteiger partial charge in [-0.1, -0.05) is 17.7 Å². The average Bonchev–Trinajstić information content (AvgIpc) is 2.97. The van der Waals surface area contributed by atoms with E-state index in [-0.39, 0.29) is 11.7 Å². The van der Waals surface area contributed by atoms with Gasteiger partial charge in [0, 0.05) is 54.7 Å². The van der Waals surface area contributed by atoms with Crippen molar-refractivity contribution in [2.24, 2.45) is 0 Å². The first-order valence-electron chi connectivity index (χ1n) is 10.1. The molecular weight excluding hydrogens is 350 g/mol. The lowest BCUT2D eigenvalue weighted by Crippen LogP contribution is -2.49. The van der Waals surface area contributed by atoms with Crippen LogP contribution in [0.3, 0.4) is 0 Å². The third kappa shape index (κ3) is 4.20. The predicted molar refractivity (Wildman–Crippen MR) is 112 cm³/mol. The highest BCUT2D eigenvalue weighted by Crippen LogP contribution is 2.21. The van der Waals surface area contributed by atoms with Gasteiger partial charge >= 0.3 is 0 Å². The van der Waals surface area contributed by atoms with Crippen molar-refractivity contribution in [1.29, 1.82) is 0 Å². The number of aryl methyl sites for hydroxylation is 2. The minimum absolute atomic E-state index is 0.0754. The summed E-state index contributed by atoms with van der Waals surface area (Å²) >= 11 is 0. The highest BCUT2D eigenvalue weighted by molar-refractivity contribution is 5.99. The van der Waals surface area contributed by atoms with E-state index in [0.717, 1.165) is 41.2 Å². The van der Waals surface area contributed by atoms with E-state index < -0.39 is 0 Å². The molecule has 1 aromatic carbocycles. The molecule has 2 aromatic rings. The molecule has 5 nitrogen and oxygen atoms in total. The fraction of sp³-hybridized carbons (Fsp3) is 0.478. The summed E-state index contributed by atoms with van der Waals surface area (Å²) in [5.74, 6) is 0.241. The number of amides is 1. The topological polar surface area (TPSA) is 45.6 Å². The van der Waals surface area contributed by atoms with Gasteiger partial charge in [-0.15, -0.1) is 0 Å². The molecule has 0 unspecified atom stereocenters. The number of aromatic nitrogens is 1. The SMILES string of the molecule is Cc1ccc(C(=O)N2CCN(CC(=O)c3cc(C)n(C(C)C)c3C)CC2)cc1. The summed E-state index contributed by atoms with van der Waals surface area (Å²) in [7, 11) is 0. The molecule has 28 heavy (non-hydrogen) atoms. The second-order valence-electron chi connectivity index (χ2n) is 8.11. The van der Waals surface area contributed by atoms with Gasteiger partial charge in [0.15, 0.2) is 5.78 Å². The molecule has 0 saturated carbocycles. The molecule has 0 bridgehead atoms. The van der Waals surface area contributed by atoms with Crippen molar-refractivity contribution in [1.82, 2.24) is 14.4 Å². The first kappa shape index (κ1) is 20.3. The van der Waals surface area contributed by atoms with Crippen molar-refractivity contribution in [2.75, 3.05) is 32.7 Å². The first-order chi connectivity index (χ1) is 13.3. The van der Waals surface area contributed by atoms with E-state index in [0.29, 0.717) is 25.7 Å². The van der Waals surface area contributed by atoms with Crippen LogP contribution >= 0.6 is 0 Å². The zero-order chi connectivity index (χ0) is 20.4. The highest BCUT2D eigenvalue weighted by atomic mass is 16.2. The Morgan fingerprint density at radius 1 is 0.964 bits per heavy atom. The van der Waals surface area contributed by atoms with Gasteiger partial charge in [-0.05, 0) is 52.8 Å². The maximum atomic E-state index is 12.9. The number of rotatable bonds is 5. The molecule has 1 aromatic heterocycles. The summed E-state index contributed by atoms with van der Waals surface area (Å²) in [4.78, 5) is 29.5. The van der Waals surface area contributed by atoms with Gasteiger partial charge in [0.05, 0.1) is 6.54 Å². The Balaban J connectivity index is 1.58. The Kier molecular flexibility index (Phi) is 6.04. The predicted octanol–water partition coefficient (Wildman–Crippen LogP) is 3.63. The van der Waals surface area contributed by atoms with Gasteiger partial charge in [-0.2, -0.15) is 0 Å². The van der Waals surface area contributed by atoms with Crippen LogP contribution in [-0.4, -0.2) is 58.8 Å². The summed E-state index contributed by atoms with van der Waals surface area (Å²) in [6, 6.07) is 10.1. The molecule has 0 radical (unpaired) electrons. The number of ketones is 1. The molecule has 1 fully saturated rings. The van der Waals surface area contributed by atoms with Crippen LogP contribution < -0.4 is 0 Å². The monoisotopic (exact) mass is 381 g/mol. The number of piperazine rings is 1. The summed E-state index contributed by atoms with van der Waals surface area (Å²) in [6.45, 7) is 13.6. The highest BCUT2D eigenvalue weighted by Gasteiger charge is 2.25. The van der Waals surface area contributed by atoms with Crippen LogP contribution in [-0.2, 0) is 0 Å². The van der Waals surface area contributed by atoms with Crippen molar-refractivity contribution in [3.05, 3.63) is 58.4 Å². The zero-order valence-electron chi connectivity index (χ0n) is 17.7. The molecule has 1 amide bonds. The smallest absolute Gasteiger partial charge is 0.253 e. The Labute approximate surface area is 167 Å². The molecule has 5 heteroatoms.